The molecule has 2 heteroatoms. The molecule has 1 N–H and O–H groups in total. The molecule has 1 rings (SSSR count). The van der Waals surface area contributed by atoms with Crippen molar-refractivity contribution in [1.82, 2.24) is 5.32 Å². The molecule has 0 saturated heterocycles. The Kier molecular flexibility index (Phi) is 4.20. The Labute approximate surface area is 82.0 Å². The van der Waals surface area contributed by atoms with Crippen molar-refractivity contribution in [3.8, 4) is 0 Å². The zero-order valence-electron chi connectivity index (χ0n) is 9.23. The van der Waals surface area contributed by atoms with Crippen molar-refractivity contribution in [2.24, 2.45) is 5.41 Å². The largest absolute Gasteiger partial charge is 0.385 e. The third kappa shape index (κ3) is 3.65. The predicted molar refractivity (Wildman–Crippen MR) is 55.9 cm³/mol. The summed E-state index contributed by atoms with van der Waals surface area (Å²) in [6, 6.07) is 0.601. The maximum atomic E-state index is 5.05. The molecule has 0 amide bonds. The summed E-state index contributed by atoms with van der Waals surface area (Å²) >= 11 is 0. The fraction of sp³-hybridized carbons (Fsp3) is 1.00. The minimum atomic E-state index is 0.601. The number of nitrogens with one attached hydrogen (secondary N) is 1. The van der Waals surface area contributed by atoms with Crippen LogP contribution in [-0.4, -0.2) is 26.3 Å². The summed E-state index contributed by atoms with van der Waals surface area (Å²) in [7, 11) is 1.77. The lowest BCUT2D eigenvalue weighted by molar-refractivity contribution is 0.183. The zero-order chi connectivity index (χ0) is 9.73. The highest BCUT2D eigenvalue weighted by Crippen LogP contribution is 2.47. The summed E-state index contributed by atoms with van der Waals surface area (Å²) in [6.45, 7) is 6.61. The predicted octanol–water partition coefficient (Wildman–Crippen LogP) is 2.19. The topological polar surface area (TPSA) is 21.3 Å². The minimum absolute atomic E-state index is 0.601. The molecule has 0 aliphatic heterocycles. The molecule has 1 saturated carbocycles. The molecular weight excluding hydrogens is 162 g/mol. The minimum Gasteiger partial charge on any atom is -0.385 e. The van der Waals surface area contributed by atoms with Crippen molar-refractivity contribution in [3.05, 3.63) is 0 Å². The summed E-state index contributed by atoms with van der Waals surface area (Å²) < 4.78 is 5.05. The van der Waals surface area contributed by atoms with E-state index in [0.29, 0.717) is 11.5 Å². The fourth-order valence-electron chi connectivity index (χ4n) is 1.62. The summed E-state index contributed by atoms with van der Waals surface area (Å²) in [6.07, 6.45) is 5.30. The Bertz CT molecular complexity index is 143. The quantitative estimate of drug-likeness (QED) is 0.656. The van der Waals surface area contributed by atoms with E-state index in [1.165, 1.54) is 25.8 Å². The molecule has 0 aromatic carbocycles. The number of methoxy groups -OCH3 is 1. The van der Waals surface area contributed by atoms with Crippen LogP contribution in [0.1, 0.15) is 39.5 Å². The van der Waals surface area contributed by atoms with E-state index in [0.717, 1.165) is 13.0 Å². The smallest absolute Gasteiger partial charge is 0.0476 e. The third-order valence-electron chi connectivity index (χ3n) is 3.29. The SMILES string of the molecule is CCC1(CNC(C)CCOC)CC1. The van der Waals surface area contributed by atoms with Gasteiger partial charge in [0.05, 0.1) is 0 Å². The lowest BCUT2D eigenvalue weighted by atomic mass is 10.0. The van der Waals surface area contributed by atoms with Crippen LogP contribution in [0.3, 0.4) is 0 Å². The molecule has 78 valence electrons. The monoisotopic (exact) mass is 185 g/mol. The molecule has 0 heterocycles. The first-order valence-corrected chi connectivity index (χ1v) is 5.45. The molecular formula is C11H23NO. The van der Waals surface area contributed by atoms with Gasteiger partial charge in [-0.2, -0.15) is 0 Å². The van der Waals surface area contributed by atoms with Crippen LogP contribution in [0.5, 0.6) is 0 Å². The normalized spacial score (nSPS) is 21.5. The highest BCUT2D eigenvalue weighted by molar-refractivity contribution is 4.93. The van der Waals surface area contributed by atoms with Crippen LogP contribution in [0.25, 0.3) is 0 Å². The van der Waals surface area contributed by atoms with Crippen molar-refractivity contribution in [1.29, 1.82) is 0 Å². The van der Waals surface area contributed by atoms with Gasteiger partial charge in [0.1, 0.15) is 0 Å². The molecule has 0 aromatic heterocycles. The molecule has 0 aromatic rings. The van der Waals surface area contributed by atoms with Gasteiger partial charge < -0.3 is 10.1 Å². The van der Waals surface area contributed by atoms with E-state index in [-0.39, 0.29) is 0 Å². The third-order valence-corrected chi connectivity index (χ3v) is 3.29. The Morgan fingerprint density at radius 1 is 1.46 bits per heavy atom. The van der Waals surface area contributed by atoms with Crippen molar-refractivity contribution in [2.75, 3.05) is 20.3 Å². The maximum absolute atomic E-state index is 5.05. The van der Waals surface area contributed by atoms with Gasteiger partial charge in [-0.15, -0.1) is 0 Å². The number of rotatable bonds is 7. The molecule has 1 aliphatic carbocycles. The van der Waals surface area contributed by atoms with Gasteiger partial charge in [0, 0.05) is 26.3 Å². The van der Waals surface area contributed by atoms with E-state index < -0.39 is 0 Å². The van der Waals surface area contributed by atoms with E-state index in [2.05, 4.69) is 19.2 Å². The van der Waals surface area contributed by atoms with Crippen LogP contribution in [0.15, 0.2) is 0 Å². The lowest BCUT2D eigenvalue weighted by Gasteiger charge is -2.18. The van der Waals surface area contributed by atoms with E-state index >= 15 is 0 Å². The molecule has 1 aliphatic rings. The first-order chi connectivity index (χ1) is 6.22. The number of ether oxygens (including phenoxy) is 1. The molecule has 0 radical (unpaired) electrons. The molecule has 1 unspecified atom stereocenters. The Morgan fingerprint density at radius 2 is 2.15 bits per heavy atom. The first-order valence-electron chi connectivity index (χ1n) is 5.45. The fourth-order valence-corrected chi connectivity index (χ4v) is 1.62. The Hall–Kier alpha value is -0.0800. The first kappa shape index (κ1) is 11.0. The van der Waals surface area contributed by atoms with E-state index in [4.69, 9.17) is 4.74 Å². The molecule has 1 fully saturated rings. The van der Waals surface area contributed by atoms with Gasteiger partial charge in [-0.05, 0) is 38.0 Å². The van der Waals surface area contributed by atoms with Gasteiger partial charge in [-0.25, -0.2) is 0 Å². The van der Waals surface area contributed by atoms with E-state index in [1.54, 1.807) is 7.11 Å². The molecule has 13 heavy (non-hydrogen) atoms. The summed E-state index contributed by atoms with van der Waals surface area (Å²) in [5, 5.41) is 3.59. The van der Waals surface area contributed by atoms with E-state index in [9.17, 15) is 0 Å². The van der Waals surface area contributed by atoms with Gasteiger partial charge in [0.2, 0.25) is 0 Å². The van der Waals surface area contributed by atoms with Crippen LogP contribution in [-0.2, 0) is 4.74 Å². The maximum Gasteiger partial charge on any atom is 0.0476 e. The second-order valence-corrected chi connectivity index (χ2v) is 4.42. The van der Waals surface area contributed by atoms with Crippen LogP contribution < -0.4 is 5.32 Å². The molecule has 1 atom stereocenters. The van der Waals surface area contributed by atoms with Crippen molar-refractivity contribution in [3.63, 3.8) is 0 Å². The Balaban J connectivity index is 2.04. The molecule has 0 bridgehead atoms. The van der Waals surface area contributed by atoms with Crippen LogP contribution in [0.2, 0.25) is 0 Å². The second-order valence-electron chi connectivity index (χ2n) is 4.42. The average molecular weight is 185 g/mol. The van der Waals surface area contributed by atoms with Crippen molar-refractivity contribution >= 4 is 0 Å². The number of hydrogen-bond donors (Lipinski definition) is 1. The van der Waals surface area contributed by atoms with Crippen LogP contribution in [0.4, 0.5) is 0 Å². The average Bonchev–Trinajstić information content (AvgIpc) is 2.92. The zero-order valence-corrected chi connectivity index (χ0v) is 9.23. The van der Waals surface area contributed by atoms with Crippen LogP contribution >= 0.6 is 0 Å². The molecule has 0 spiro atoms. The van der Waals surface area contributed by atoms with Crippen molar-refractivity contribution < 1.29 is 4.74 Å². The highest BCUT2D eigenvalue weighted by Gasteiger charge is 2.40. The second kappa shape index (κ2) is 4.97. The summed E-state index contributed by atoms with van der Waals surface area (Å²) in [5.41, 5.74) is 0.668. The van der Waals surface area contributed by atoms with Gasteiger partial charge in [-0.1, -0.05) is 6.92 Å². The number of hydrogen-bond acceptors (Lipinski definition) is 2. The molecule has 2 nitrogen and oxygen atoms in total. The summed E-state index contributed by atoms with van der Waals surface area (Å²) in [4.78, 5) is 0. The Morgan fingerprint density at radius 3 is 2.62 bits per heavy atom. The van der Waals surface area contributed by atoms with Gasteiger partial charge >= 0.3 is 0 Å². The summed E-state index contributed by atoms with van der Waals surface area (Å²) in [5.74, 6) is 0. The highest BCUT2D eigenvalue weighted by atomic mass is 16.5. The van der Waals surface area contributed by atoms with E-state index in [1.807, 2.05) is 0 Å². The van der Waals surface area contributed by atoms with Gasteiger partial charge in [-0.3, -0.25) is 0 Å². The van der Waals surface area contributed by atoms with Crippen LogP contribution in [0, 0.1) is 5.41 Å². The standard InChI is InChI=1S/C11H23NO/c1-4-11(6-7-11)9-12-10(2)5-8-13-3/h10,12H,4-9H2,1-3H3. The van der Waals surface area contributed by atoms with Crippen molar-refractivity contribution in [2.45, 2.75) is 45.6 Å². The van der Waals surface area contributed by atoms with Gasteiger partial charge in [0.25, 0.3) is 0 Å². The van der Waals surface area contributed by atoms with Gasteiger partial charge in [0.15, 0.2) is 0 Å². The lowest BCUT2D eigenvalue weighted by Crippen LogP contribution is -2.32.